The normalized spacial score (nSPS) is 22.2. The van der Waals surface area contributed by atoms with Gasteiger partial charge in [-0.25, -0.2) is 8.42 Å². The predicted octanol–water partition coefficient (Wildman–Crippen LogP) is 1.22. The highest BCUT2D eigenvalue weighted by Gasteiger charge is 2.39. The molecule has 0 spiro atoms. The third kappa shape index (κ3) is 3.43. The summed E-state index contributed by atoms with van der Waals surface area (Å²) in [4.78, 5) is 0. The van der Waals surface area contributed by atoms with Crippen molar-refractivity contribution in [1.29, 1.82) is 0 Å². The van der Waals surface area contributed by atoms with E-state index in [-0.39, 0.29) is 17.2 Å². The van der Waals surface area contributed by atoms with Gasteiger partial charge < -0.3 is 0 Å². The molecule has 0 bridgehead atoms. The zero-order valence-corrected chi connectivity index (χ0v) is 11.1. The second-order valence-electron chi connectivity index (χ2n) is 5.06. The highest BCUT2D eigenvalue weighted by atomic mass is 32.2. The Balaban J connectivity index is 2.65. The van der Waals surface area contributed by atoms with Gasteiger partial charge in [-0.1, -0.05) is 19.8 Å². The molecule has 1 atom stereocenters. The topological polar surface area (TPSA) is 72.2 Å². The molecule has 0 aromatic rings. The molecule has 4 nitrogen and oxygen atoms in total. The fourth-order valence-electron chi connectivity index (χ4n) is 2.93. The lowest BCUT2D eigenvalue weighted by molar-refractivity contribution is 0.182. The molecule has 0 saturated heterocycles. The summed E-state index contributed by atoms with van der Waals surface area (Å²) >= 11 is 0. The molecule has 1 saturated carbocycles. The van der Waals surface area contributed by atoms with E-state index in [1.807, 2.05) is 0 Å². The first-order valence-electron chi connectivity index (χ1n) is 6.07. The van der Waals surface area contributed by atoms with Gasteiger partial charge in [0.25, 0.3) is 0 Å². The van der Waals surface area contributed by atoms with Crippen LogP contribution in [-0.2, 0) is 9.84 Å². The maximum Gasteiger partial charge on any atom is 0.147 e. The lowest BCUT2D eigenvalue weighted by atomic mass is 9.75. The first-order chi connectivity index (χ1) is 7.43. The second-order valence-corrected chi connectivity index (χ2v) is 7.32. The molecule has 1 rings (SSSR count). The minimum atomic E-state index is -2.89. The molecule has 0 amide bonds. The summed E-state index contributed by atoms with van der Waals surface area (Å²) in [6.45, 7) is 2.18. The first-order valence-corrected chi connectivity index (χ1v) is 8.13. The Morgan fingerprint density at radius 1 is 1.38 bits per heavy atom. The van der Waals surface area contributed by atoms with E-state index in [4.69, 9.17) is 5.84 Å². The number of hydrazine groups is 1. The van der Waals surface area contributed by atoms with Crippen LogP contribution in [0.25, 0.3) is 0 Å². The van der Waals surface area contributed by atoms with Crippen LogP contribution in [0.5, 0.6) is 0 Å². The Labute approximate surface area is 98.9 Å². The Morgan fingerprint density at radius 2 is 1.94 bits per heavy atom. The zero-order valence-electron chi connectivity index (χ0n) is 10.3. The Hall–Kier alpha value is -0.130. The lowest BCUT2D eigenvalue weighted by Gasteiger charge is -2.36. The summed E-state index contributed by atoms with van der Waals surface area (Å²) in [7, 11) is -2.89. The van der Waals surface area contributed by atoms with Crippen molar-refractivity contribution in [3.63, 3.8) is 0 Å². The van der Waals surface area contributed by atoms with Gasteiger partial charge in [0.15, 0.2) is 0 Å². The molecule has 16 heavy (non-hydrogen) atoms. The average Bonchev–Trinajstić information content (AvgIpc) is 2.67. The summed E-state index contributed by atoms with van der Waals surface area (Å²) in [6.07, 6.45) is 7.81. The van der Waals surface area contributed by atoms with Crippen molar-refractivity contribution in [1.82, 2.24) is 5.43 Å². The summed E-state index contributed by atoms with van der Waals surface area (Å²) in [5.41, 5.74) is 3.07. The maximum atomic E-state index is 11.2. The van der Waals surface area contributed by atoms with Crippen molar-refractivity contribution in [3.8, 4) is 0 Å². The predicted molar refractivity (Wildman–Crippen MR) is 66.6 cm³/mol. The number of rotatable bonds is 6. The van der Waals surface area contributed by atoms with Crippen LogP contribution in [0.1, 0.15) is 45.4 Å². The molecule has 1 fully saturated rings. The molecule has 0 aromatic carbocycles. The molecule has 1 aliphatic rings. The zero-order chi connectivity index (χ0) is 12.2. The van der Waals surface area contributed by atoms with Crippen LogP contribution in [0.15, 0.2) is 0 Å². The van der Waals surface area contributed by atoms with Crippen molar-refractivity contribution in [3.05, 3.63) is 0 Å². The van der Waals surface area contributed by atoms with Crippen LogP contribution in [0.4, 0.5) is 0 Å². The first kappa shape index (κ1) is 13.9. The van der Waals surface area contributed by atoms with Crippen molar-refractivity contribution in [2.45, 2.75) is 51.5 Å². The van der Waals surface area contributed by atoms with E-state index >= 15 is 0 Å². The van der Waals surface area contributed by atoms with E-state index in [2.05, 4.69) is 12.3 Å². The van der Waals surface area contributed by atoms with Crippen LogP contribution >= 0.6 is 0 Å². The van der Waals surface area contributed by atoms with Crippen molar-refractivity contribution in [2.24, 2.45) is 11.3 Å². The minimum absolute atomic E-state index is 0.134. The van der Waals surface area contributed by atoms with Gasteiger partial charge in [-0.3, -0.25) is 11.3 Å². The van der Waals surface area contributed by atoms with Gasteiger partial charge in [0, 0.05) is 12.3 Å². The van der Waals surface area contributed by atoms with Crippen molar-refractivity contribution >= 4 is 9.84 Å². The van der Waals surface area contributed by atoms with Crippen LogP contribution < -0.4 is 11.3 Å². The smallest absolute Gasteiger partial charge is 0.147 e. The molecule has 0 aromatic heterocycles. The highest BCUT2D eigenvalue weighted by Crippen LogP contribution is 2.44. The molecule has 0 aliphatic heterocycles. The van der Waals surface area contributed by atoms with Crippen LogP contribution in [-0.4, -0.2) is 26.5 Å². The van der Waals surface area contributed by atoms with E-state index in [0.717, 1.165) is 6.42 Å². The molecule has 1 unspecified atom stereocenters. The average molecular weight is 248 g/mol. The summed E-state index contributed by atoms with van der Waals surface area (Å²) in [6, 6.07) is 0.134. The van der Waals surface area contributed by atoms with Gasteiger partial charge in [-0.15, -0.1) is 0 Å². The molecule has 96 valence electrons. The van der Waals surface area contributed by atoms with Gasteiger partial charge in [0.1, 0.15) is 9.84 Å². The Morgan fingerprint density at radius 3 is 2.31 bits per heavy atom. The maximum absolute atomic E-state index is 11.2. The van der Waals surface area contributed by atoms with Crippen molar-refractivity contribution < 1.29 is 8.42 Å². The van der Waals surface area contributed by atoms with Gasteiger partial charge in [0.05, 0.1) is 5.75 Å². The number of nitrogens with one attached hydrogen (secondary N) is 1. The molecule has 0 radical (unpaired) electrons. The molecule has 0 heterocycles. The van der Waals surface area contributed by atoms with Crippen LogP contribution in [0.2, 0.25) is 0 Å². The van der Waals surface area contributed by atoms with E-state index < -0.39 is 9.84 Å². The van der Waals surface area contributed by atoms with Gasteiger partial charge in [-0.2, -0.15) is 0 Å². The highest BCUT2D eigenvalue weighted by molar-refractivity contribution is 7.90. The summed E-state index contributed by atoms with van der Waals surface area (Å²) in [5, 5.41) is 0. The van der Waals surface area contributed by atoms with Gasteiger partial charge >= 0.3 is 0 Å². The Bertz CT molecular complexity index is 308. The van der Waals surface area contributed by atoms with E-state index in [1.165, 1.54) is 31.9 Å². The molecular formula is C11H24N2O2S. The van der Waals surface area contributed by atoms with Crippen LogP contribution in [0, 0.1) is 5.41 Å². The Kier molecular flexibility index (Phi) is 4.76. The van der Waals surface area contributed by atoms with Crippen LogP contribution in [0.3, 0.4) is 0 Å². The molecule has 3 N–H and O–H groups in total. The molecule has 1 aliphatic carbocycles. The van der Waals surface area contributed by atoms with E-state index in [0.29, 0.717) is 6.42 Å². The summed E-state index contributed by atoms with van der Waals surface area (Å²) in [5.74, 6) is 5.82. The van der Waals surface area contributed by atoms with E-state index in [9.17, 15) is 8.42 Å². The van der Waals surface area contributed by atoms with Crippen molar-refractivity contribution in [2.75, 3.05) is 12.0 Å². The van der Waals surface area contributed by atoms with Gasteiger partial charge in [0.2, 0.25) is 0 Å². The molecular weight excluding hydrogens is 224 g/mol. The standard InChI is InChI=1S/C11H24N2O2S/c1-3-11(7-4-5-8-11)10(13-12)6-9-16(2,14)15/h10,13H,3-9,12H2,1-2H3. The lowest BCUT2D eigenvalue weighted by Crippen LogP contribution is -2.48. The number of hydrogen-bond donors (Lipinski definition) is 2. The number of sulfone groups is 1. The summed E-state index contributed by atoms with van der Waals surface area (Å²) < 4.78 is 22.4. The third-order valence-electron chi connectivity index (χ3n) is 4.02. The number of nitrogens with two attached hydrogens (primary N) is 1. The fourth-order valence-corrected chi connectivity index (χ4v) is 3.59. The third-order valence-corrected chi connectivity index (χ3v) is 5.00. The van der Waals surface area contributed by atoms with Gasteiger partial charge in [-0.05, 0) is 31.1 Å². The fraction of sp³-hybridized carbons (Fsp3) is 1.00. The minimum Gasteiger partial charge on any atom is -0.271 e. The largest absolute Gasteiger partial charge is 0.271 e. The monoisotopic (exact) mass is 248 g/mol. The SMILES string of the molecule is CCC1(C(CCS(C)(=O)=O)NN)CCCC1. The molecule has 5 heteroatoms. The quantitative estimate of drug-likeness (QED) is 0.548. The second kappa shape index (κ2) is 5.47. The van der Waals surface area contributed by atoms with E-state index in [1.54, 1.807) is 0 Å². The number of hydrogen-bond acceptors (Lipinski definition) is 4.